The third kappa shape index (κ3) is 3.77. The fourth-order valence-electron chi connectivity index (χ4n) is 1.60. The Hall–Kier alpha value is -1.51. The van der Waals surface area contributed by atoms with E-state index < -0.39 is 0 Å². The maximum absolute atomic E-state index is 5.84. The summed E-state index contributed by atoms with van der Waals surface area (Å²) in [7, 11) is 0. The Kier molecular flexibility index (Phi) is 5.01. The van der Waals surface area contributed by atoms with Crippen LogP contribution in [0.25, 0.3) is 0 Å². The Morgan fingerprint density at radius 1 is 1.18 bits per heavy atom. The molecule has 17 heavy (non-hydrogen) atoms. The van der Waals surface area contributed by atoms with Gasteiger partial charge < -0.3 is 10.6 Å². The molecule has 1 rings (SSSR count). The van der Waals surface area contributed by atoms with Crippen LogP contribution in [0, 0.1) is 5.92 Å². The summed E-state index contributed by atoms with van der Waals surface area (Å²) >= 11 is 0. The van der Waals surface area contributed by atoms with Crippen LogP contribution in [0.3, 0.4) is 0 Å². The largest absolute Gasteiger partial charge is 0.387 e. The average Bonchev–Trinajstić information content (AvgIpc) is 2.32. The normalized spacial score (nSPS) is 11.9. The van der Waals surface area contributed by atoms with Gasteiger partial charge in [0.15, 0.2) is 0 Å². The first-order valence-electron chi connectivity index (χ1n) is 6.27. The number of benzene rings is 1. The highest BCUT2D eigenvalue weighted by atomic mass is 15.1. The van der Waals surface area contributed by atoms with Gasteiger partial charge in [-0.25, -0.2) is 4.99 Å². The molecule has 2 N–H and O–H groups in total. The lowest BCUT2D eigenvalue weighted by Gasteiger charge is -2.20. The van der Waals surface area contributed by atoms with Crippen LogP contribution in [-0.2, 0) is 0 Å². The van der Waals surface area contributed by atoms with Crippen LogP contribution < -0.4 is 10.6 Å². The Morgan fingerprint density at radius 3 is 2.12 bits per heavy atom. The van der Waals surface area contributed by atoms with Crippen molar-refractivity contribution in [3.8, 4) is 0 Å². The van der Waals surface area contributed by atoms with E-state index in [1.165, 1.54) is 5.69 Å². The van der Waals surface area contributed by atoms with E-state index >= 15 is 0 Å². The maximum atomic E-state index is 5.84. The monoisotopic (exact) mass is 233 g/mol. The van der Waals surface area contributed by atoms with E-state index in [9.17, 15) is 0 Å². The van der Waals surface area contributed by atoms with Gasteiger partial charge in [0.1, 0.15) is 5.84 Å². The molecule has 0 spiro atoms. The lowest BCUT2D eigenvalue weighted by Crippen LogP contribution is -2.21. The van der Waals surface area contributed by atoms with E-state index in [1.807, 2.05) is 26.0 Å². The molecule has 0 radical (unpaired) electrons. The van der Waals surface area contributed by atoms with Crippen molar-refractivity contribution in [3.63, 3.8) is 0 Å². The highest BCUT2D eigenvalue weighted by Gasteiger charge is 2.02. The molecule has 0 aliphatic rings. The zero-order valence-corrected chi connectivity index (χ0v) is 11.3. The lowest BCUT2D eigenvalue weighted by molar-refractivity contribution is 0.865. The second-order valence-electron chi connectivity index (χ2n) is 4.38. The lowest BCUT2D eigenvalue weighted by atomic mass is 10.2. The van der Waals surface area contributed by atoms with Crippen LogP contribution in [0.4, 0.5) is 11.4 Å². The number of nitrogens with two attached hydrogens (primary N) is 1. The van der Waals surface area contributed by atoms with Crippen molar-refractivity contribution in [1.29, 1.82) is 0 Å². The molecule has 0 amide bonds. The number of nitrogens with zero attached hydrogens (tertiary/aromatic N) is 2. The molecule has 1 aromatic carbocycles. The Bertz CT molecular complexity index is 362. The van der Waals surface area contributed by atoms with Gasteiger partial charge in [0.05, 0.1) is 5.69 Å². The molecular weight excluding hydrogens is 210 g/mol. The fraction of sp³-hybridized carbons (Fsp3) is 0.500. The van der Waals surface area contributed by atoms with Crippen LogP contribution in [0.5, 0.6) is 0 Å². The minimum atomic E-state index is 0.289. The van der Waals surface area contributed by atoms with Crippen LogP contribution in [0.15, 0.2) is 29.3 Å². The van der Waals surface area contributed by atoms with Crippen molar-refractivity contribution in [2.75, 3.05) is 18.0 Å². The third-order valence-corrected chi connectivity index (χ3v) is 2.83. The van der Waals surface area contributed by atoms with Crippen molar-refractivity contribution < 1.29 is 0 Å². The number of hydrogen-bond donors (Lipinski definition) is 1. The summed E-state index contributed by atoms with van der Waals surface area (Å²) in [6.45, 7) is 10.4. The van der Waals surface area contributed by atoms with Crippen molar-refractivity contribution >= 4 is 17.2 Å². The van der Waals surface area contributed by atoms with Crippen LogP contribution in [-0.4, -0.2) is 18.9 Å². The summed E-state index contributed by atoms with van der Waals surface area (Å²) in [5.74, 6) is 0.970. The minimum absolute atomic E-state index is 0.289. The second kappa shape index (κ2) is 6.28. The summed E-state index contributed by atoms with van der Waals surface area (Å²) in [6, 6.07) is 8.23. The Morgan fingerprint density at radius 2 is 1.71 bits per heavy atom. The summed E-state index contributed by atoms with van der Waals surface area (Å²) in [5.41, 5.74) is 7.99. The molecule has 0 saturated carbocycles. The van der Waals surface area contributed by atoms with Gasteiger partial charge >= 0.3 is 0 Å². The summed E-state index contributed by atoms with van der Waals surface area (Å²) in [6.07, 6.45) is 0. The number of rotatable bonds is 5. The summed E-state index contributed by atoms with van der Waals surface area (Å²) in [4.78, 5) is 6.69. The molecule has 1 aromatic rings. The summed E-state index contributed by atoms with van der Waals surface area (Å²) < 4.78 is 0. The molecule has 3 nitrogen and oxygen atoms in total. The number of hydrogen-bond acceptors (Lipinski definition) is 2. The third-order valence-electron chi connectivity index (χ3n) is 2.83. The highest BCUT2D eigenvalue weighted by molar-refractivity contribution is 5.84. The van der Waals surface area contributed by atoms with E-state index in [2.05, 4.69) is 35.9 Å². The number of aliphatic imine (C=N–C) groups is 1. The smallest absolute Gasteiger partial charge is 0.102 e. The molecule has 0 aliphatic carbocycles. The molecule has 0 aromatic heterocycles. The predicted octanol–water partition coefficient (Wildman–Crippen LogP) is 3.18. The topological polar surface area (TPSA) is 41.6 Å². The molecule has 0 saturated heterocycles. The van der Waals surface area contributed by atoms with Crippen molar-refractivity contribution in [2.24, 2.45) is 16.6 Å². The highest BCUT2D eigenvalue weighted by Crippen LogP contribution is 2.20. The van der Waals surface area contributed by atoms with E-state index in [1.54, 1.807) is 0 Å². The van der Waals surface area contributed by atoms with Crippen LogP contribution in [0.1, 0.15) is 27.7 Å². The standard InChI is InChI=1S/C14H23N3/c1-5-17(6-2)13-9-7-12(8-10-13)16-14(15)11(3)4/h7-11H,5-6H2,1-4H3,(H2,15,16). The molecule has 0 bridgehead atoms. The minimum Gasteiger partial charge on any atom is -0.387 e. The zero-order chi connectivity index (χ0) is 12.8. The molecule has 0 heterocycles. The van der Waals surface area contributed by atoms with Crippen LogP contribution >= 0.6 is 0 Å². The Balaban J connectivity index is 2.85. The first-order chi connectivity index (χ1) is 8.08. The van der Waals surface area contributed by atoms with E-state index in [0.717, 1.165) is 18.8 Å². The molecular formula is C14H23N3. The van der Waals surface area contributed by atoms with E-state index in [4.69, 9.17) is 5.73 Å². The van der Waals surface area contributed by atoms with Gasteiger partial charge in [-0.05, 0) is 38.1 Å². The van der Waals surface area contributed by atoms with E-state index in [0.29, 0.717) is 5.84 Å². The van der Waals surface area contributed by atoms with Crippen LogP contribution in [0.2, 0.25) is 0 Å². The second-order valence-corrected chi connectivity index (χ2v) is 4.38. The van der Waals surface area contributed by atoms with Gasteiger partial charge in [0.2, 0.25) is 0 Å². The average molecular weight is 233 g/mol. The Labute approximate surface area is 104 Å². The van der Waals surface area contributed by atoms with Crippen molar-refractivity contribution in [2.45, 2.75) is 27.7 Å². The van der Waals surface area contributed by atoms with Gasteiger partial charge in [0, 0.05) is 24.7 Å². The number of amidine groups is 1. The first kappa shape index (κ1) is 13.6. The molecule has 0 aliphatic heterocycles. The van der Waals surface area contributed by atoms with Gasteiger partial charge in [-0.1, -0.05) is 13.8 Å². The predicted molar refractivity (Wildman–Crippen MR) is 76.1 cm³/mol. The van der Waals surface area contributed by atoms with Gasteiger partial charge in [0.25, 0.3) is 0 Å². The molecule has 0 unspecified atom stereocenters. The molecule has 0 fully saturated rings. The zero-order valence-electron chi connectivity index (χ0n) is 11.3. The van der Waals surface area contributed by atoms with Crippen molar-refractivity contribution in [1.82, 2.24) is 0 Å². The van der Waals surface area contributed by atoms with Gasteiger partial charge in [-0.3, -0.25) is 0 Å². The van der Waals surface area contributed by atoms with Gasteiger partial charge in [-0.2, -0.15) is 0 Å². The quantitative estimate of drug-likeness (QED) is 0.627. The van der Waals surface area contributed by atoms with E-state index in [-0.39, 0.29) is 5.92 Å². The maximum Gasteiger partial charge on any atom is 0.102 e. The number of anilines is 1. The SMILES string of the molecule is CCN(CC)c1ccc(N=C(N)C(C)C)cc1. The molecule has 0 atom stereocenters. The summed E-state index contributed by atoms with van der Waals surface area (Å²) in [5, 5.41) is 0. The fourth-order valence-corrected chi connectivity index (χ4v) is 1.60. The van der Waals surface area contributed by atoms with Crippen molar-refractivity contribution in [3.05, 3.63) is 24.3 Å². The first-order valence-corrected chi connectivity index (χ1v) is 6.27. The molecule has 3 heteroatoms. The molecule has 94 valence electrons. The van der Waals surface area contributed by atoms with Gasteiger partial charge in [-0.15, -0.1) is 0 Å².